The normalized spacial score (nSPS) is 15.0. The van der Waals surface area contributed by atoms with E-state index in [0.717, 1.165) is 17.3 Å². The molecule has 1 N–H and O–H groups in total. The highest BCUT2D eigenvalue weighted by molar-refractivity contribution is 9.10. The number of rotatable bonds is 5. The topological polar surface area (TPSA) is 55.4 Å². The van der Waals surface area contributed by atoms with E-state index in [-0.39, 0.29) is 18.5 Å². The number of hydrogen-bond acceptors (Lipinski definition) is 3. The van der Waals surface area contributed by atoms with Gasteiger partial charge in [0.2, 0.25) is 0 Å². The van der Waals surface area contributed by atoms with E-state index in [2.05, 4.69) is 21.2 Å². The maximum atomic E-state index is 11.7. The van der Waals surface area contributed by atoms with Gasteiger partial charge in [-0.1, -0.05) is 40.4 Å². The first-order chi connectivity index (χ1) is 10.0. The third kappa shape index (κ3) is 5.32. The Morgan fingerprint density at radius 1 is 1.33 bits per heavy atom. The zero-order chi connectivity index (χ0) is 15.2. The predicted octanol–water partition coefficient (Wildman–Crippen LogP) is 4.16. The van der Waals surface area contributed by atoms with E-state index < -0.39 is 0 Å². The van der Waals surface area contributed by atoms with Crippen LogP contribution in [0, 0.1) is 5.92 Å². The Morgan fingerprint density at radius 3 is 2.71 bits per heavy atom. The number of carbonyl (C=O) groups excluding carboxylic acids is 2. The maximum Gasteiger partial charge on any atom is 0.306 e. The monoisotopic (exact) mass is 373 g/mol. The molecule has 0 spiro atoms. The van der Waals surface area contributed by atoms with Crippen molar-refractivity contribution >= 4 is 45.1 Å². The first-order valence-corrected chi connectivity index (χ1v) is 8.12. The lowest BCUT2D eigenvalue weighted by Gasteiger charge is -2.10. The van der Waals surface area contributed by atoms with Crippen molar-refractivity contribution in [2.24, 2.45) is 5.92 Å². The lowest BCUT2D eigenvalue weighted by Crippen LogP contribution is -2.21. The molecule has 1 aliphatic carbocycles. The van der Waals surface area contributed by atoms with Crippen LogP contribution < -0.4 is 5.32 Å². The molecule has 1 amide bonds. The van der Waals surface area contributed by atoms with Crippen LogP contribution in [-0.4, -0.2) is 18.5 Å². The number of amides is 1. The van der Waals surface area contributed by atoms with E-state index >= 15 is 0 Å². The largest absolute Gasteiger partial charge is 0.456 e. The van der Waals surface area contributed by atoms with E-state index in [9.17, 15) is 9.59 Å². The van der Waals surface area contributed by atoms with Crippen LogP contribution in [0.5, 0.6) is 0 Å². The van der Waals surface area contributed by atoms with Gasteiger partial charge in [-0.25, -0.2) is 0 Å². The van der Waals surface area contributed by atoms with Gasteiger partial charge in [0.25, 0.3) is 5.91 Å². The van der Waals surface area contributed by atoms with Gasteiger partial charge < -0.3 is 10.1 Å². The van der Waals surface area contributed by atoms with Gasteiger partial charge in [-0.2, -0.15) is 0 Å². The summed E-state index contributed by atoms with van der Waals surface area (Å²) in [5.74, 6) is -0.278. The Balaban J connectivity index is 1.75. The Kier molecular flexibility index (Phi) is 6.06. The molecule has 1 aromatic carbocycles. The van der Waals surface area contributed by atoms with Gasteiger partial charge in [0, 0.05) is 10.9 Å². The van der Waals surface area contributed by atoms with Gasteiger partial charge in [0.05, 0.1) is 10.7 Å². The number of hydrogen-bond donors (Lipinski definition) is 1. The van der Waals surface area contributed by atoms with Gasteiger partial charge >= 0.3 is 5.97 Å². The quantitative estimate of drug-likeness (QED) is 0.787. The molecule has 1 aromatic rings. The second-order valence-corrected chi connectivity index (χ2v) is 6.51. The van der Waals surface area contributed by atoms with Crippen LogP contribution in [0.2, 0.25) is 5.02 Å². The number of halogens is 2. The van der Waals surface area contributed by atoms with E-state index in [1.807, 2.05) is 0 Å². The number of ether oxygens (including phenoxy) is 1. The van der Waals surface area contributed by atoms with Crippen LogP contribution in [0.15, 0.2) is 22.7 Å². The van der Waals surface area contributed by atoms with Crippen molar-refractivity contribution in [1.29, 1.82) is 0 Å². The van der Waals surface area contributed by atoms with Crippen molar-refractivity contribution in [2.75, 3.05) is 11.9 Å². The van der Waals surface area contributed by atoms with Crippen molar-refractivity contribution in [3.8, 4) is 0 Å². The first-order valence-electron chi connectivity index (χ1n) is 6.95. The minimum atomic E-state index is -0.390. The molecule has 114 valence electrons. The molecule has 21 heavy (non-hydrogen) atoms. The van der Waals surface area contributed by atoms with Crippen LogP contribution in [-0.2, 0) is 14.3 Å². The van der Waals surface area contributed by atoms with Gasteiger partial charge in [-0.05, 0) is 37.0 Å². The summed E-state index contributed by atoms with van der Waals surface area (Å²) in [7, 11) is 0. The Bertz CT molecular complexity index is 530. The molecule has 0 atom stereocenters. The van der Waals surface area contributed by atoms with Crippen molar-refractivity contribution in [3.63, 3.8) is 0 Å². The molecule has 6 heteroatoms. The summed E-state index contributed by atoms with van der Waals surface area (Å²) in [6, 6.07) is 5.14. The molecule has 0 unspecified atom stereocenters. The third-order valence-electron chi connectivity index (χ3n) is 3.50. The number of anilines is 1. The van der Waals surface area contributed by atoms with Crippen LogP contribution >= 0.6 is 27.5 Å². The smallest absolute Gasteiger partial charge is 0.306 e. The summed E-state index contributed by atoms with van der Waals surface area (Å²) in [6.45, 7) is -0.280. The van der Waals surface area contributed by atoms with Crippen molar-refractivity contribution in [1.82, 2.24) is 0 Å². The van der Waals surface area contributed by atoms with Gasteiger partial charge in [-0.15, -0.1) is 0 Å². The molecule has 0 aromatic heterocycles. The Morgan fingerprint density at radius 2 is 2.05 bits per heavy atom. The minimum Gasteiger partial charge on any atom is -0.456 e. The summed E-state index contributed by atoms with van der Waals surface area (Å²) < 4.78 is 5.83. The summed E-state index contributed by atoms with van der Waals surface area (Å²) in [5.41, 5.74) is 0.497. The molecule has 0 aliphatic heterocycles. The molecule has 0 radical (unpaired) electrons. The van der Waals surface area contributed by atoms with Gasteiger partial charge in [-0.3, -0.25) is 9.59 Å². The molecule has 0 bridgehead atoms. The fourth-order valence-corrected chi connectivity index (χ4v) is 3.15. The van der Waals surface area contributed by atoms with Gasteiger partial charge in [0.15, 0.2) is 6.61 Å². The van der Waals surface area contributed by atoms with Crippen LogP contribution in [0.4, 0.5) is 5.69 Å². The Labute approximate surface area is 137 Å². The SMILES string of the molecule is O=C(COC(=O)CC1CCCC1)Nc1ccc(Br)cc1Cl. The molecule has 1 saturated carbocycles. The summed E-state index contributed by atoms with van der Waals surface area (Å²) in [5, 5.41) is 3.04. The zero-order valence-corrected chi connectivity index (χ0v) is 13.9. The minimum absolute atomic E-state index is 0.280. The summed E-state index contributed by atoms with van der Waals surface area (Å²) in [4.78, 5) is 23.4. The predicted molar refractivity (Wildman–Crippen MR) is 85.3 cm³/mol. The fourth-order valence-electron chi connectivity index (χ4n) is 2.43. The third-order valence-corrected chi connectivity index (χ3v) is 4.31. The fraction of sp³-hybridized carbons (Fsp3) is 0.467. The number of esters is 1. The Hall–Kier alpha value is -1.07. The lowest BCUT2D eigenvalue weighted by atomic mass is 10.1. The van der Waals surface area contributed by atoms with Crippen molar-refractivity contribution < 1.29 is 14.3 Å². The average Bonchev–Trinajstić information content (AvgIpc) is 2.92. The van der Waals surface area contributed by atoms with E-state index in [0.29, 0.717) is 23.0 Å². The summed E-state index contributed by atoms with van der Waals surface area (Å²) >= 11 is 9.28. The average molecular weight is 375 g/mol. The number of carbonyl (C=O) groups is 2. The molecule has 1 fully saturated rings. The van der Waals surface area contributed by atoms with Crippen LogP contribution in [0.1, 0.15) is 32.1 Å². The molecular formula is C15H17BrClNO3. The molecule has 0 heterocycles. The van der Waals surface area contributed by atoms with E-state index in [1.54, 1.807) is 18.2 Å². The second kappa shape index (κ2) is 7.80. The zero-order valence-electron chi connectivity index (χ0n) is 11.5. The molecule has 4 nitrogen and oxygen atoms in total. The van der Waals surface area contributed by atoms with Gasteiger partial charge in [0.1, 0.15) is 0 Å². The van der Waals surface area contributed by atoms with Crippen LogP contribution in [0.3, 0.4) is 0 Å². The first kappa shape index (κ1) is 16.3. The van der Waals surface area contributed by atoms with Crippen molar-refractivity contribution in [2.45, 2.75) is 32.1 Å². The number of benzene rings is 1. The molecular weight excluding hydrogens is 358 g/mol. The molecule has 2 rings (SSSR count). The number of nitrogens with one attached hydrogen (secondary N) is 1. The molecule has 1 aliphatic rings. The standard InChI is InChI=1S/C15H17BrClNO3/c16-11-5-6-13(12(17)8-11)18-14(19)9-21-15(20)7-10-3-1-2-4-10/h5-6,8,10H,1-4,7,9H2,(H,18,19). The highest BCUT2D eigenvalue weighted by atomic mass is 79.9. The highest BCUT2D eigenvalue weighted by Gasteiger charge is 2.19. The summed E-state index contributed by atoms with van der Waals surface area (Å²) in [6.07, 6.45) is 4.93. The van der Waals surface area contributed by atoms with Crippen LogP contribution in [0.25, 0.3) is 0 Å². The lowest BCUT2D eigenvalue weighted by molar-refractivity contribution is -0.148. The molecule has 0 saturated heterocycles. The van der Waals surface area contributed by atoms with E-state index in [1.165, 1.54) is 12.8 Å². The maximum absolute atomic E-state index is 11.7. The van der Waals surface area contributed by atoms with E-state index in [4.69, 9.17) is 16.3 Å². The van der Waals surface area contributed by atoms with Crippen molar-refractivity contribution in [3.05, 3.63) is 27.7 Å². The highest BCUT2D eigenvalue weighted by Crippen LogP contribution is 2.28. The second-order valence-electron chi connectivity index (χ2n) is 5.19.